The van der Waals surface area contributed by atoms with Gasteiger partial charge in [-0.15, -0.1) is 0 Å². The molecule has 0 aromatic carbocycles. The van der Waals surface area contributed by atoms with E-state index in [2.05, 4.69) is 24.2 Å². The minimum Gasteiger partial charge on any atom is -0.381 e. The lowest BCUT2D eigenvalue weighted by Crippen LogP contribution is -2.48. The summed E-state index contributed by atoms with van der Waals surface area (Å²) in [6.07, 6.45) is 3.81. The normalized spacial score (nSPS) is 33.2. The predicted octanol–water partition coefficient (Wildman–Crippen LogP) is 1.34. The van der Waals surface area contributed by atoms with Gasteiger partial charge in [-0.05, 0) is 51.2 Å². The van der Waals surface area contributed by atoms with E-state index >= 15 is 0 Å². The fourth-order valence-corrected chi connectivity index (χ4v) is 3.13. The smallest absolute Gasteiger partial charge is 0.0469 e. The van der Waals surface area contributed by atoms with Gasteiger partial charge in [0.2, 0.25) is 0 Å². The molecule has 2 aliphatic heterocycles. The Labute approximate surface area is 99.5 Å². The molecule has 0 aromatic heterocycles. The Kier molecular flexibility index (Phi) is 4.62. The van der Waals surface area contributed by atoms with Crippen LogP contribution in [0.25, 0.3) is 0 Å². The minimum absolute atomic E-state index is 0.782. The number of nitrogens with zero attached hydrogens (tertiary/aromatic N) is 1. The molecule has 0 bridgehead atoms. The van der Waals surface area contributed by atoms with Crippen LogP contribution in [0.1, 0.15) is 26.2 Å². The van der Waals surface area contributed by atoms with Crippen LogP contribution in [0.5, 0.6) is 0 Å². The Morgan fingerprint density at radius 2 is 2.00 bits per heavy atom. The molecule has 94 valence electrons. The summed E-state index contributed by atoms with van der Waals surface area (Å²) in [5.74, 6) is 1.65. The van der Waals surface area contributed by atoms with E-state index in [1.54, 1.807) is 0 Å². The summed E-state index contributed by atoms with van der Waals surface area (Å²) < 4.78 is 5.42. The van der Waals surface area contributed by atoms with E-state index in [1.165, 1.54) is 38.9 Å². The molecule has 3 nitrogen and oxygen atoms in total. The minimum atomic E-state index is 0.782. The van der Waals surface area contributed by atoms with Gasteiger partial charge in [-0.3, -0.25) is 0 Å². The molecule has 0 aliphatic carbocycles. The van der Waals surface area contributed by atoms with Gasteiger partial charge in [0.1, 0.15) is 0 Å². The van der Waals surface area contributed by atoms with Gasteiger partial charge in [-0.1, -0.05) is 6.92 Å². The average Bonchev–Trinajstić information content (AvgIpc) is 2.31. The summed E-state index contributed by atoms with van der Waals surface area (Å²) in [5.41, 5.74) is 0. The molecule has 1 N–H and O–H groups in total. The molecule has 3 heteroatoms. The van der Waals surface area contributed by atoms with E-state index in [0.717, 1.165) is 31.1 Å². The van der Waals surface area contributed by atoms with Crippen molar-refractivity contribution in [3.63, 3.8) is 0 Å². The van der Waals surface area contributed by atoms with Crippen LogP contribution >= 0.6 is 0 Å². The molecule has 2 heterocycles. The molecule has 0 amide bonds. The van der Waals surface area contributed by atoms with Gasteiger partial charge in [0, 0.05) is 25.8 Å². The second kappa shape index (κ2) is 5.99. The number of ether oxygens (including phenoxy) is 1. The summed E-state index contributed by atoms with van der Waals surface area (Å²) in [4.78, 5) is 2.60. The number of hydrogen-bond acceptors (Lipinski definition) is 3. The first kappa shape index (κ1) is 12.3. The van der Waals surface area contributed by atoms with Crippen molar-refractivity contribution >= 4 is 0 Å². The highest BCUT2D eigenvalue weighted by Crippen LogP contribution is 2.21. The van der Waals surface area contributed by atoms with Crippen molar-refractivity contribution in [2.45, 2.75) is 32.2 Å². The van der Waals surface area contributed by atoms with Gasteiger partial charge in [0.15, 0.2) is 0 Å². The molecule has 2 aliphatic rings. The summed E-state index contributed by atoms with van der Waals surface area (Å²) >= 11 is 0. The second-order valence-electron chi connectivity index (χ2n) is 5.53. The van der Waals surface area contributed by atoms with Gasteiger partial charge in [0.25, 0.3) is 0 Å². The molecular formula is C13H26N2O. The average molecular weight is 226 g/mol. The predicted molar refractivity (Wildman–Crippen MR) is 66.6 cm³/mol. The Morgan fingerprint density at radius 3 is 2.69 bits per heavy atom. The van der Waals surface area contributed by atoms with E-state index in [4.69, 9.17) is 4.74 Å². The van der Waals surface area contributed by atoms with Crippen molar-refractivity contribution in [3.05, 3.63) is 0 Å². The summed E-state index contributed by atoms with van der Waals surface area (Å²) in [6.45, 7) is 7.95. The lowest BCUT2D eigenvalue weighted by Gasteiger charge is -2.39. The van der Waals surface area contributed by atoms with Crippen LogP contribution < -0.4 is 5.32 Å². The zero-order chi connectivity index (χ0) is 11.4. The number of nitrogens with one attached hydrogen (secondary N) is 1. The van der Waals surface area contributed by atoms with E-state index in [0.29, 0.717) is 0 Å². The van der Waals surface area contributed by atoms with Crippen molar-refractivity contribution < 1.29 is 4.74 Å². The standard InChI is InChI=1S/C13H26N2O/c1-11-9-14-6-3-13(11)15(2)10-12-4-7-16-8-5-12/h11-14H,3-10H2,1-2H3. The molecule has 0 spiro atoms. The first-order valence-corrected chi connectivity index (χ1v) is 6.76. The molecule has 16 heavy (non-hydrogen) atoms. The summed E-state index contributed by atoms with van der Waals surface area (Å²) in [5, 5.41) is 3.48. The van der Waals surface area contributed by atoms with Gasteiger partial charge in [-0.2, -0.15) is 0 Å². The molecule has 2 atom stereocenters. The molecule has 0 saturated carbocycles. The molecule has 2 unspecified atom stereocenters. The van der Waals surface area contributed by atoms with E-state index in [9.17, 15) is 0 Å². The van der Waals surface area contributed by atoms with Crippen LogP contribution in [0.3, 0.4) is 0 Å². The first-order valence-electron chi connectivity index (χ1n) is 6.76. The van der Waals surface area contributed by atoms with E-state index in [1.807, 2.05) is 0 Å². The van der Waals surface area contributed by atoms with Crippen LogP contribution in [0.2, 0.25) is 0 Å². The Bertz CT molecular complexity index is 204. The van der Waals surface area contributed by atoms with Crippen molar-refractivity contribution in [1.82, 2.24) is 10.2 Å². The zero-order valence-corrected chi connectivity index (χ0v) is 10.7. The third-order valence-corrected chi connectivity index (χ3v) is 4.19. The molecule has 0 radical (unpaired) electrons. The second-order valence-corrected chi connectivity index (χ2v) is 5.53. The molecule has 2 saturated heterocycles. The molecule has 2 fully saturated rings. The van der Waals surface area contributed by atoms with Crippen molar-refractivity contribution in [1.29, 1.82) is 0 Å². The fourth-order valence-electron chi connectivity index (χ4n) is 3.13. The first-order chi connectivity index (χ1) is 7.77. The Balaban J connectivity index is 1.78. The van der Waals surface area contributed by atoms with Crippen LogP contribution in [0.15, 0.2) is 0 Å². The van der Waals surface area contributed by atoms with Gasteiger partial charge < -0.3 is 15.0 Å². The SMILES string of the molecule is CC1CNCCC1N(C)CC1CCOCC1. The molecule has 0 aromatic rings. The monoisotopic (exact) mass is 226 g/mol. The fraction of sp³-hybridized carbons (Fsp3) is 1.00. The molecule has 2 rings (SSSR count). The highest BCUT2D eigenvalue weighted by atomic mass is 16.5. The number of piperidine rings is 1. The van der Waals surface area contributed by atoms with Crippen molar-refractivity contribution in [2.75, 3.05) is 39.9 Å². The third kappa shape index (κ3) is 3.19. The third-order valence-electron chi connectivity index (χ3n) is 4.19. The van der Waals surface area contributed by atoms with E-state index in [-0.39, 0.29) is 0 Å². The zero-order valence-electron chi connectivity index (χ0n) is 10.7. The van der Waals surface area contributed by atoms with E-state index < -0.39 is 0 Å². The van der Waals surface area contributed by atoms with Crippen LogP contribution in [0, 0.1) is 11.8 Å². The van der Waals surface area contributed by atoms with Crippen molar-refractivity contribution in [2.24, 2.45) is 11.8 Å². The van der Waals surface area contributed by atoms with Crippen LogP contribution in [-0.4, -0.2) is 50.8 Å². The van der Waals surface area contributed by atoms with Crippen LogP contribution in [0.4, 0.5) is 0 Å². The Morgan fingerprint density at radius 1 is 1.25 bits per heavy atom. The largest absolute Gasteiger partial charge is 0.381 e. The van der Waals surface area contributed by atoms with Crippen LogP contribution in [-0.2, 0) is 4.74 Å². The quantitative estimate of drug-likeness (QED) is 0.786. The van der Waals surface area contributed by atoms with Gasteiger partial charge in [-0.25, -0.2) is 0 Å². The molecular weight excluding hydrogens is 200 g/mol. The maximum atomic E-state index is 5.42. The van der Waals surface area contributed by atoms with Crippen molar-refractivity contribution in [3.8, 4) is 0 Å². The highest BCUT2D eigenvalue weighted by Gasteiger charge is 2.26. The summed E-state index contributed by atoms with van der Waals surface area (Å²) in [7, 11) is 2.31. The number of hydrogen-bond donors (Lipinski definition) is 1. The van der Waals surface area contributed by atoms with Gasteiger partial charge >= 0.3 is 0 Å². The maximum absolute atomic E-state index is 5.42. The highest BCUT2D eigenvalue weighted by molar-refractivity contribution is 4.83. The lowest BCUT2D eigenvalue weighted by molar-refractivity contribution is 0.0424. The Hall–Kier alpha value is -0.120. The van der Waals surface area contributed by atoms with Gasteiger partial charge in [0.05, 0.1) is 0 Å². The number of rotatable bonds is 3. The summed E-state index contributed by atoms with van der Waals surface area (Å²) in [6, 6.07) is 0.782. The lowest BCUT2D eigenvalue weighted by atomic mass is 9.92. The maximum Gasteiger partial charge on any atom is 0.0469 e. The topological polar surface area (TPSA) is 24.5 Å².